The van der Waals surface area contributed by atoms with Crippen LogP contribution >= 0.6 is 0 Å². The van der Waals surface area contributed by atoms with E-state index < -0.39 is 0 Å². The van der Waals surface area contributed by atoms with Gasteiger partial charge in [0.25, 0.3) is 0 Å². The van der Waals surface area contributed by atoms with E-state index in [1.54, 1.807) is 0 Å². The highest BCUT2D eigenvalue weighted by molar-refractivity contribution is 4.70. The highest BCUT2D eigenvalue weighted by Crippen LogP contribution is 2.17. The molecule has 0 fully saturated rings. The Hall–Kier alpha value is -0.160. The zero-order chi connectivity index (χ0) is 16.5. The van der Waals surface area contributed by atoms with Gasteiger partial charge in [-0.05, 0) is 32.4 Å². The Morgan fingerprint density at radius 3 is 1.86 bits per heavy atom. The molecule has 1 atom stereocenters. The normalized spacial score (nSPS) is 13.0. The van der Waals surface area contributed by atoms with Crippen molar-refractivity contribution < 1.29 is 15.2 Å². The van der Waals surface area contributed by atoms with Crippen LogP contribution in [0.5, 0.6) is 0 Å². The van der Waals surface area contributed by atoms with Crippen LogP contribution in [0.1, 0.15) is 91.4 Å². The molecule has 0 aliphatic rings. The molecule has 0 aromatic carbocycles. The third-order valence-corrected chi connectivity index (χ3v) is 4.54. The van der Waals surface area contributed by atoms with Gasteiger partial charge in [-0.1, -0.05) is 77.2 Å². The molecule has 0 aromatic heterocycles. The number of hydrogen-bond acceptors (Lipinski definition) is 4. The van der Waals surface area contributed by atoms with E-state index in [9.17, 15) is 0 Å². The van der Waals surface area contributed by atoms with Crippen molar-refractivity contribution in [2.45, 2.75) is 97.4 Å². The van der Waals surface area contributed by atoms with Gasteiger partial charge in [-0.25, -0.2) is 10.1 Å². The Labute approximate surface area is 138 Å². The lowest BCUT2D eigenvalue weighted by Crippen LogP contribution is -2.35. The molecule has 0 saturated carbocycles. The fraction of sp³-hybridized carbons (Fsp3) is 1.00. The predicted molar refractivity (Wildman–Crippen MR) is 92.8 cm³/mol. The molecule has 0 radical (unpaired) electrons. The Morgan fingerprint density at radius 2 is 1.32 bits per heavy atom. The Bertz CT molecular complexity index is 195. The first-order valence-electron chi connectivity index (χ1n) is 9.47. The van der Waals surface area contributed by atoms with Gasteiger partial charge in [-0.15, -0.1) is 0 Å². The minimum absolute atomic E-state index is 0.476. The SMILES string of the molecule is CCCCCCCCC(CCCCCOOO)N(CC)CC. The summed E-state index contributed by atoms with van der Waals surface area (Å²) in [6, 6.07) is 0.733. The minimum Gasteiger partial charge on any atom is -0.301 e. The van der Waals surface area contributed by atoms with E-state index in [4.69, 9.17) is 5.26 Å². The third kappa shape index (κ3) is 12.4. The van der Waals surface area contributed by atoms with Crippen molar-refractivity contribution in [1.82, 2.24) is 4.90 Å². The zero-order valence-electron chi connectivity index (χ0n) is 15.2. The van der Waals surface area contributed by atoms with Crippen molar-refractivity contribution in [1.29, 1.82) is 0 Å². The molecule has 22 heavy (non-hydrogen) atoms. The van der Waals surface area contributed by atoms with E-state index in [-0.39, 0.29) is 0 Å². The maximum absolute atomic E-state index is 8.09. The fourth-order valence-corrected chi connectivity index (χ4v) is 3.16. The highest BCUT2D eigenvalue weighted by Gasteiger charge is 2.14. The quantitative estimate of drug-likeness (QED) is 0.221. The first-order chi connectivity index (χ1) is 10.8. The molecule has 1 unspecified atom stereocenters. The second-order valence-corrected chi connectivity index (χ2v) is 6.18. The van der Waals surface area contributed by atoms with Crippen LogP contribution in [0.15, 0.2) is 0 Å². The third-order valence-electron chi connectivity index (χ3n) is 4.54. The lowest BCUT2D eigenvalue weighted by molar-refractivity contribution is -0.490. The van der Waals surface area contributed by atoms with E-state index in [1.165, 1.54) is 57.8 Å². The van der Waals surface area contributed by atoms with Gasteiger partial charge >= 0.3 is 0 Å². The summed E-state index contributed by atoms with van der Waals surface area (Å²) in [4.78, 5) is 7.10. The van der Waals surface area contributed by atoms with Gasteiger partial charge in [0.2, 0.25) is 0 Å². The molecule has 0 aliphatic heterocycles. The summed E-state index contributed by atoms with van der Waals surface area (Å²) in [6.45, 7) is 9.59. The van der Waals surface area contributed by atoms with Crippen molar-refractivity contribution in [2.24, 2.45) is 0 Å². The summed E-state index contributed by atoms with van der Waals surface area (Å²) in [6.07, 6.45) is 14.2. The Morgan fingerprint density at radius 1 is 0.773 bits per heavy atom. The molecule has 0 saturated heterocycles. The largest absolute Gasteiger partial charge is 0.301 e. The first kappa shape index (κ1) is 21.8. The van der Waals surface area contributed by atoms with Gasteiger partial charge in [0.1, 0.15) is 0 Å². The van der Waals surface area contributed by atoms with Crippen LogP contribution in [-0.4, -0.2) is 35.9 Å². The average Bonchev–Trinajstić information content (AvgIpc) is 2.54. The number of hydrogen-bond donors (Lipinski definition) is 1. The molecule has 0 rings (SSSR count). The minimum atomic E-state index is 0.476. The molecule has 0 amide bonds. The summed E-state index contributed by atoms with van der Waals surface area (Å²) < 4.78 is 0. The molecule has 4 heteroatoms. The number of rotatable bonds is 17. The Kier molecular flexibility index (Phi) is 17.1. The van der Waals surface area contributed by atoms with Crippen LogP contribution in [0.4, 0.5) is 0 Å². The summed E-state index contributed by atoms with van der Waals surface area (Å²) in [7, 11) is 0. The second-order valence-electron chi connectivity index (χ2n) is 6.18. The van der Waals surface area contributed by atoms with Crippen LogP contribution in [0.25, 0.3) is 0 Å². The van der Waals surface area contributed by atoms with Crippen LogP contribution in [0.2, 0.25) is 0 Å². The van der Waals surface area contributed by atoms with Crippen molar-refractivity contribution in [3.8, 4) is 0 Å². The van der Waals surface area contributed by atoms with E-state index in [0.29, 0.717) is 6.61 Å². The van der Waals surface area contributed by atoms with Gasteiger partial charge < -0.3 is 4.90 Å². The van der Waals surface area contributed by atoms with Crippen LogP contribution in [-0.2, 0) is 9.93 Å². The lowest BCUT2D eigenvalue weighted by atomic mass is 9.99. The fourth-order valence-electron chi connectivity index (χ4n) is 3.16. The molecule has 134 valence electrons. The molecular formula is C18H39NO3. The van der Waals surface area contributed by atoms with E-state index in [1.807, 2.05) is 0 Å². The molecule has 0 heterocycles. The number of unbranched alkanes of at least 4 members (excludes halogenated alkanes) is 7. The van der Waals surface area contributed by atoms with Gasteiger partial charge in [0.15, 0.2) is 0 Å². The average molecular weight is 318 g/mol. The van der Waals surface area contributed by atoms with Gasteiger partial charge in [0, 0.05) is 6.04 Å². The summed E-state index contributed by atoms with van der Waals surface area (Å²) in [5, 5.41) is 11.7. The van der Waals surface area contributed by atoms with Crippen LogP contribution in [0, 0.1) is 0 Å². The number of nitrogens with zero attached hydrogens (tertiary/aromatic N) is 1. The van der Waals surface area contributed by atoms with Gasteiger partial charge in [-0.3, -0.25) is 0 Å². The molecule has 0 spiro atoms. The highest BCUT2D eigenvalue weighted by atomic mass is 17.5. The monoisotopic (exact) mass is 317 g/mol. The molecule has 0 aromatic rings. The molecular weight excluding hydrogens is 278 g/mol. The maximum atomic E-state index is 8.09. The van der Waals surface area contributed by atoms with Crippen molar-refractivity contribution >= 4 is 0 Å². The molecule has 4 nitrogen and oxygen atoms in total. The standard InChI is InChI=1S/C18H39NO3/c1-4-7-8-9-10-12-15-18(19(5-2)6-3)16-13-11-14-17-21-22-20/h18,20H,4-17H2,1-3H3. The summed E-state index contributed by atoms with van der Waals surface area (Å²) in [5.74, 6) is 0. The summed E-state index contributed by atoms with van der Waals surface area (Å²) in [5.41, 5.74) is 0. The maximum Gasteiger partial charge on any atom is 0.0853 e. The molecule has 1 N–H and O–H groups in total. The van der Waals surface area contributed by atoms with E-state index in [0.717, 1.165) is 32.0 Å². The van der Waals surface area contributed by atoms with E-state index in [2.05, 4.69) is 35.6 Å². The van der Waals surface area contributed by atoms with Crippen LogP contribution in [0.3, 0.4) is 0 Å². The van der Waals surface area contributed by atoms with Gasteiger partial charge in [0.05, 0.1) is 6.61 Å². The Balaban J connectivity index is 3.85. The van der Waals surface area contributed by atoms with Crippen molar-refractivity contribution in [3.05, 3.63) is 0 Å². The topological polar surface area (TPSA) is 41.9 Å². The van der Waals surface area contributed by atoms with Crippen molar-refractivity contribution in [2.75, 3.05) is 19.7 Å². The van der Waals surface area contributed by atoms with E-state index >= 15 is 0 Å². The first-order valence-corrected chi connectivity index (χ1v) is 9.47. The molecule has 0 aliphatic carbocycles. The van der Waals surface area contributed by atoms with Crippen LogP contribution < -0.4 is 0 Å². The van der Waals surface area contributed by atoms with Crippen molar-refractivity contribution in [3.63, 3.8) is 0 Å². The predicted octanol–water partition coefficient (Wildman–Crippen LogP) is 5.43. The summed E-state index contributed by atoms with van der Waals surface area (Å²) >= 11 is 0. The van der Waals surface area contributed by atoms with Gasteiger partial charge in [-0.2, -0.15) is 0 Å². The molecule has 0 bridgehead atoms. The second kappa shape index (κ2) is 17.2. The smallest absolute Gasteiger partial charge is 0.0853 e. The zero-order valence-corrected chi connectivity index (χ0v) is 15.2. The lowest BCUT2D eigenvalue weighted by Gasteiger charge is -2.30.